The number of nitrogens with zero attached hydrogens (tertiary/aromatic N) is 1. The zero-order valence-electron chi connectivity index (χ0n) is 13.5. The summed E-state index contributed by atoms with van der Waals surface area (Å²) in [5.74, 6) is 0.880. The number of hydrogen-bond acceptors (Lipinski definition) is 3. The fourth-order valence-corrected chi connectivity index (χ4v) is 2.72. The van der Waals surface area contributed by atoms with E-state index in [4.69, 9.17) is 16.3 Å². The molecule has 0 saturated heterocycles. The molecule has 0 aromatic heterocycles. The molecule has 0 atom stereocenters. The van der Waals surface area contributed by atoms with Crippen molar-refractivity contribution in [2.45, 2.75) is 13.2 Å². The predicted octanol–water partition coefficient (Wildman–Crippen LogP) is 4.33. The molecule has 23 heavy (non-hydrogen) atoms. The van der Waals surface area contributed by atoms with E-state index in [9.17, 15) is 0 Å². The first kappa shape index (κ1) is 18.3. The highest BCUT2D eigenvalue weighted by Crippen LogP contribution is 2.25. The summed E-state index contributed by atoms with van der Waals surface area (Å²) in [7, 11) is 4.14. The average Bonchev–Trinajstić information content (AvgIpc) is 2.52. The van der Waals surface area contributed by atoms with Gasteiger partial charge >= 0.3 is 0 Å². The van der Waals surface area contributed by atoms with Crippen molar-refractivity contribution in [2.75, 3.05) is 27.2 Å². The van der Waals surface area contributed by atoms with Crippen LogP contribution >= 0.6 is 27.5 Å². The first-order chi connectivity index (χ1) is 11.1. The van der Waals surface area contributed by atoms with Crippen LogP contribution in [0, 0.1) is 0 Å². The molecule has 2 aromatic rings. The summed E-state index contributed by atoms with van der Waals surface area (Å²) in [6.07, 6.45) is 0. The van der Waals surface area contributed by atoms with E-state index in [1.165, 1.54) is 0 Å². The Morgan fingerprint density at radius 3 is 2.65 bits per heavy atom. The van der Waals surface area contributed by atoms with E-state index in [0.29, 0.717) is 6.61 Å². The largest absolute Gasteiger partial charge is 0.489 e. The van der Waals surface area contributed by atoms with Crippen LogP contribution in [0.5, 0.6) is 5.75 Å². The van der Waals surface area contributed by atoms with E-state index < -0.39 is 0 Å². The molecule has 0 spiro atoms. The molecule has 0 aliphatic carbocycles. The Morgan fingerprint density at radius 1 is 1.13 bits per heavy atom. The Kier molecular flexibility index (Phi) is 7.37. The minimum absolute atomic E-state index is 0.464. The third-order valence-electron chi connectivity index (χ3n) is 3.41. The number of halogens is 2. The Bertz CT molecular complexity index is 634. The third-order valence-corrected chi connectivity index (χ3v) is 4.28. The summed E-state index contributed by atoms with van der Waals surface area (Å²) in [4.78, 5) is 2.16. The van der Waals surface area contributed by atoms with Crippen LogP contribution in [0.2, 0.25) is 5.02 Å². The van der Waals surface area contributed by atoms with Gasteiger partial charge in [0.15, 0.2) is 0 Å². The number of ether oxygens (including phenoxy) is 1. The Hall–Kier alpha value is -1.07. The highest BCUT2D eigenvalue weighted by Gasteiger charge is 2.07. The normalized spacial score (nSPS) is 11.0. The van der Waals surface area contributed by atoms with Crippen LogP contribution < -0.4 is 10.1 Å². The second-order valence-corrected chi connectivity index (χ2v) is 6.94. The number of nitrogens with one attached hydrogen (secondary N) is 1. The highest BCUT2D eigenvalue weighted by molar-refractivity contribution is 9.10. The van der Waals surface area contributed by atoms with E-state index in [0.717, 1.165) is 46.0 Å². The van der Waals surface area contributed by atoms with E-state index in [1.54, 1.807) is 0 Å². The standard InChI is InChI=1S/C18H22BrClN2O/c1-22(2)10-9-21-12-15-11-16(19)7-8-18(15)23-13-14-5-3-4-6-17(14)20/h3-8,11,21H,9-10,12-13H2,1-2H3. The maximum absolute atomic E-state index is 6.18. The number of rotatable bonds is 8. The van der Waals surface area contributed by atoms with Crippen molar-refractivity contribution in [1.82, 2.24) is 10.2 Å². The van der Waals surface area contributed by atoms with E-state index >= 15 is 0 Å². The maximum Gasteiger partial charge on any atom is 0.124 e. The van der Waals surface area contributed by atoms with Gasteiger partial charge in [-0.3, -0.25) is 0 Å². The minimum Gasteiger partial charge on any atom is -0.489 e. The van der Waals surface area contributed by atoms with Crippen LogP contribution in [-0.2, 0) is 13.2 Å². The van der Waals surface area contributed by atoms with Gasteiger partial charge in [0.2, 0.25) is 0 Å². The summed E-state index contributed by atoms with van der Waals surface area (Å²) in [5, 5.41) is 4.17. The van der Waals surface area contributed by atoms with Gasteiger partial charge in [0.1, 0.15) is 12.4 Å². The lowest BCUT2D eigenvalue weighted by Crippen LogP contribution is -2.26. The van der Waals surface area contributed by atoms with Gasteiger partial charge < -0.3 is 15.0 Å². The van der Waals surface area contributed by atoms with Crippen molar-refractivity contribution in [3.05, 3.63) is 63.1 Å². The van der Waals surface area contributed by atoms with Crippen molar-refractivity contribution in [3.8, 4) is 5.75 Å². The van der Waals surface area contributed by atoms with Crippen LogP contribution in [-0.4, -0.2) is 32.1 Å². The predicted molar refractivity (Wildman–Crippen MR) is 100 cm³/mol. The smallest absolute Gasteiger partial charge is 0.124 e. The van der Waals surface area contributed by atoms with Crippen molar-refractivity contribution >= 4 is 27.5 Å². The molecule has 124 valence electrons. The van der Waals surface area contributed by atoms with Gasteiger partial charge in [-0.2, -0.15) is 0 Å². The SMILES string of the molecule is CN(C)CCNCc1cc(Br)ccc1OCc1ccccc1Cl. The Labute approximate surface area is 151 Å². The molecular weight excluding hydrogens is 376 g/mol. The molecular formula is C18H22BrClN2O. The second-order valence-electron chi connectivity index (χ2n) is 5.61. The molecule has 2 aromatic carbocycles. The molecule has 0 radical (unpaired) electrons. The van der Waals surface area contributed by atoms with Gasteiger partial charge in [-0.15, -0.1) is 0 Å². The first-order valence-electron chi connectivity index (χ1n) is 7.56. The lowest BCUT2D eigenvalue weighted by molar-refractivity contribution is 0.302. The molecule has 0 fully saturated rings. The Balaban J connectivity index is 1.99. The van der Waals surface area contributed by atoms with Crippen molar-refractivity contribution in [1.29, 1.82) is 0 Å². The molecule has 0 saturated carbocycles. The summed E-state index contributed by atoms with van der Waals surface area (Å²) in [6.45, 7) is 3.17. The first-order valence-corrected chi connectivity index (χ1v) is 8.73. The zero-order valence-corrected chi connectivity index (χ0v) is 15.8. The average molecular weight is 398 g/mol. The highest BCUT2D eigenvalue weighted by atomic mass is 79.9. The van der Waals surface area contributed by atoms with Gasteiger partial charge in [0, 0.05) is 40.3 Å². The lowest BCUT2D eigenvalue weighted by Gasteiger charge is -2.14. The fraction of sp³-hybridized carbons (Fsp3) is 0.333. The molecule has 0 aliphatic rings. The van der Waals surface area contributed by atoms with Gasteiger partial charge in [-0.1, -0.05) is 45.7 Å². The van der Waals surface area contributed by atoms with Gasteiger partial charge in [-0.05, 0) is 38.4 Å². The van der Waals surface area contributed by atoms with E-state index in [1.807, 2.05) is 36.4 Å². The monoisotopic (exact) mass is 396 g/mol. The lowest BCUT2D eigenvalue weighted by atomic mass is 10.2. The summed E-state index contributed by atoms with van der Waals surface area (Å²) >= 11 is 9.71. The van der Waals surface area contributed by atoms with Crippen LogP contribution in [0.1, 0.15) is 11.1 Å². The van der Waals surface area contributed by atoms with Crippen LogP contribution in [0.25, 0.3) is 0 Å². The molecule has 0 heterocycles. The molecule has 0 unspecified atom stereocenters. The number of benzene rings is 2. The molecule has 0 bridgehead atoms. The van der Waals surface area contributed by atoms with E-state index in [2.05, 4.69) is 46.3 Å². The molecule has 1 N–H and O–H groups in total. The zero-order chi connectivity index (χ0) is 16.7. The van der Waals surface area contributed by atoms with E-state index in [-0.39, 0.29) is 0 Å². The fourth-order valence-electron chi connectivity index (χ4n) is 2.12. The van der Waals surface area contributed by atoms with Crippen LogP contribution in [0.4, 0.5) is 0 Å². The molecule has 5 heteroatoms. The van der Waals surface area contributed by atoms with Crippen molar-refractivity contribution in [3.63, 3.8) is 0 Å². The van der Waals surface area contributed by atoms with Crippen molar-refractivity contribution < 1.29 is 4.74 Å². The van der Waals surface area contributed by atoms with Gasteiger partial charge in [0.25, 0.3) is 0 Å². The number of likely N-dealkylation sites (N-methyl/N-ethyl adjacent to an activating group) is 1. The minimum atomic E-state index is 0.464. The summed E-state index contributed by atoms with van der Waals surface area (Å²) in [5.41, 5.74) is 2.12. The summed E-state index contributed by atoms with van der Waals surface area (Å²) in [6, 6.07) is 13.8. The molecule has 0 amide bonds. The molecule has 2 rings (SSSR count). The topological polar surface area (TPSA) is 24.5 Å². The van der Waals surface area contributed by atoms with Gasteiger partial charge in [-0.25, -0.2) is 0 Å². The second kappa shape index (κ2) is 9.28. The van der Waals surface area contributed by atoms with Crippen LogP contribution in [0.3, 0.4) is 0 Å². The molecule has 0 aliphatic heterocycles. The number of hydrogen-bond donors (Lipinski definition) is 1. The third kappa shape index (κ3) is 6.15. The Morgan fingerprint density at radius 2 is 1.91 bits per heavy atom. The quantitative estimate of drug-likeness (QED) is 0.671. The van der Waals surface area contributed by atoms with Gasteiger partial charge in [0.05, 0.1) is 0 Å². The van der Waals surface area contributed by atoms with Crippen molar-refractivity contribution in [2.24, 2.45) is 0 Å². The van der Waals surface area contributed by atoms with Crippen LogP contribution in [0.15, 0.2) is 46.9 Å². The summed E-state index contributed by atoms with van der Waals surface area (Å²) < 4.78 is 7.03. The molecule has 3 nitrogen and oxygen atoms in total. The maximum atomic E-state index is 6.18.